The maximum absolute atomic E-state index is 13.2. The number of carbonyl (C=O) groups excluding carboxylic acids is 2. The number of anilines is 1. The van der Waals surface area contributed by atoms with Gasteiger partial charge in [0.25, 0.3) is 5.91 Å². The molecule has 2 aromatic rings. The Kier molecular flexibility index (Phi) is 7.88. The number of halogens is 1. The number of nitrogens with one attached hydrogen (secondary N) is 1. The molecule has 0 bridgehead atoms. The third-order valence-corrected chi connectivity index (χ3v) is 8.96. The van der Waals surface area contributed by atoms with Gasteiger partial charge in [0.15, 0.2) is 21.1 Å². The normalized spacial score (nSPS) is 19.1. The zero-order valence-corrected chi connectivity index (χ0v) is 20.9. The highest BCUT2D eigenvalue weighted by Gasteiger charge is 2.37. The quantitative estimate of drug-likeness (QED) is 0.466. The van der Waals surface area contributed by atoms with Crippen molar-refractivity contribution >= 4 is 49.8 Å². The predicted octanol–water partition coefficient (Wildman–Crippen LogP) is 3.32. The molecule has 2 aliphatic rings. The maximum atomic E-state index is 13.2. The lowest BCUT2D eigenvalue weighted by atomic mass is 10.1. The summed E-state index contributed by atoms with van der Waals surface area (Å²) < 4.78 is 41.6. The molecule has 12 heteroatoms. The van der Waals surface area contributed by atoms with E-state index in [1.807, 2.05) is 0 Å². The van der Waals surface area contributed by atoms with Gasteiger partial charge in [-0.1, -0.05) is 35.1 Å². The number of nitrogens with zero attached hydrogens (tertiary/aromatic N) is 1. The molecule has 1 saturated heterocycles. The van der Waals surface area contributed by atoms with Crippen LogP contribution < -0.4 is 5.32 Å². The van der Waals surface area contributed by atoms with Gasteiger partial charge in [0.2, 0.25) is 0 Å². The van der Waals surface area contributed by atoms with Crippen LogP contribution in [0.3, 0.4) is 0 Å². The van der Waals surface area contributed by atoms with Crippen LogP contribution in [0.1, 0.15) is 43.5 Å². The van der Waals surface area contributed by atoms with Crippen molar-refractivity contribution in [3.63, 3.8) is 0 Å². The highest BCUT2D eigenvalue weighted by atomic mass is 35.5. The molecule has 1 aromatic heterocycles. The number of thiazole rings is 1. The Balaban J connectivity index is 1.51. The van der Waals surface area contributed by atoms with Crippen LogP contribution in [0.4, 0.5) is 5.13 Å². The summed E-state index contributed by atoms with van der Waals surface area (Å²) in [4.78, 5) is 29.4. The molecule has 1 saturated carbocycles. The van der Waals surface area contributed by atoms with Gasteiger partial charge >= 0.3 is 5.97 Å². The average molecular weight is 529 g/mol. The Morgan fingerprint density at radius 2 is 2.00 bits per heavy atom. The van der Waals surface area contributed by atoms with Crippen molar-refractivity contribution in [1.82, 2.24) is 4.98 Å². The van der Waals surface area contributed by atoms with Crippen LogP contribution in [0.25, 0.3) is 0 Å². The fourth-order valence-corrected chi connectivity index (χ4v) is 6.22. The molecule has 2 heterocycles. The molecule has 0 spiro atoms. The molecule has 2 atom stereocenters. The van der Waals surface area contributed by atoms with Crippen molar-refractivity contribution in [2.24, 2.45) is 0 Å². The van der Waals surface area contributed by atoms with Gasteiger partial charge in [-0.25, -0.2) is 13.4 Å². The zero-order chi connectivity index (χ0) is 24.3. The van der Waals surface area contributed by atoms with E-state index in [4.69, 9.17) is 25.8 Å². The first-order valence-electron chi connectivity index (χ1n) is 11.0. The molecule has 4 rings (SSSR count). The zero-order valence-electron chi connectivity index (χ0n) is 18.5. The highest BCUT2D eigenvalue weighted by molar-refractivity contribution is 7.92. The number of esters is 1. The summed E-state index contributed by atoms with van der Waals surface area (Å²) >= 11 is 7.22. The van der Waals surface area contributed by atoms with E-state index in [0.29, 0.717) is 43.7 Å². The van der Waals surface area contributed by atoms with Gasteiger partial charge in [-0.15, -0.1) is 0 Å². The van der Waals surface area contributed by atoms with E-state index >= 15 is 0 Å². The number of amides is 1. The Labute approximate surface area is 206 Å². The average Bonchev–Trinajstić information content (AvgIpc) is 3.45. The van der Waals surface area contributed by atoms with Gasteiger partial charge in [-0.05, 0) is 43.9 Å². The van der Waals surface area contributed by atoms with Crippen molar-refractivity contribution in [1.29, 1.82) is 0 Å². The second kappa shape index (κ2) is 10.7. The molecule has 2 fully saturated rings. The predicted molar refractivity (Wildman–Crippen MR) is 126 cm³/mol. The van der Waals surface area contributed by atoms with Gasteiger partial charge in [0.1, 0.15) is 4.34 Å². The van der Waals surface area contributed by atoms with E-state index in [2.05, 4.69) is 10.3 Å². The van der Waals surface area contributed by atoms with Crippen LogP contribution in [-0.4, -0.2) is 56.5 Å². The van der Waals surface area contributed by atoms with Crippen LogP contribution in [0.15, 0.2) is 29.2 Å². The number of ether oxygens (including phenoxy) is 3. The van der Waals surface area contributed by atoms with Gasteiger partial charge < -0.3 is 14.2 Å². The van der Waals surface area contributed by atoms with Gasteiger partial charge in [0, 0.05) is 6.61 Å². The van der Waals surface area contributed by atoms with Gasteiger partial charge in [0.05, 0.1) is 41.6 Å². The fourth-order valence-electron chi connectivity index (χ4n) is 3.52. The Morgan fingerprint density at radius 1 is 1.26 bits per heavy atom. The van der Waals surface area contributed by atoms with Crippen LogP contribution in [0, 0.1) is 0 Å². The molecule has 1 amide bonds. The van der Waals surface area contributed by atoms with Crippen LogP contribution in [-0.2, 0) is 40.1 Å². The molecular formula is C22H25ClN2O7S2. The molecule has 1 unspecified atom stereocenters. The number of rotatable bonds is 10. The van der Waals surface area contributed by atoms with Crippen molar-refractivity contribution in [2.75, 3.05) is 25.1 Å². The topological polar surface area (TPSA) is 121 Å². The monoisotopic (exact) mass is 528 g/mol. The lowest BCUT2D eigenvalue weighted by Gasteiger charge is -2.21. The summed E-state index contributed by atoms with van der Waals surface area (Å²) in [6, 6.07) is 6.21. The second-order valence-corrected chi connectivity index (χ2v) is 11.9. The number of aromatic nitrogens is 1. The number of hydrogen-bond acceptors (Lipinski definition) is 9. The number of sulfone groups is 1. The standard InChI is InChI=1S/C22H25ClN2O7S2/c1-2-31-18(26)11-17-20(23)33-22(24-17)25-21(27)19(32-14-9-10-30-12-14)13-3-5-15(6-4-13)34(28,29)16-7-8-16/h3-6,14,16,19H,2,7-12H2,1H3,(H,24,25,27)/t14-,19?/m0/s1. The van der Waals surface area contributed by atoms with E-state index < -0.39 is 27.8 Å². The minimum absolute atomic E-state index is 0.102. The fraction of sp³-hybridized carbons (Fsp3) is 0.500. The van der Waals surface area contributed by atoms with Crippen molar-refractivity contribution < 1.29 is 32.2 Å². The molecule has 0 radical (unpaired) electrons. The van der Waals surface area contributed by atoms with Crippen molar-refractivity contribution in [2.45, 2.75) is 55.0 Å². The molecule has 9 nitrogen and oxygen atoms in total. The van der Waals surface area contributed by atoms with E-state index in [1.54, 1.807) is 19.1 Å². The second-order valence-electron chi connectivity index (χ2n) is 8.03. The lowest BCUT2D eigenvalue weighted by Crippen LogP contribution is -2.28. The van der Waals surface area contributed by atoms with Crippen molar-refractivity contribution in [3.05, 3.63) is 39.9 Å². The molecule has 1 aliphatic carbocycles. The first kappa shape index (κ1) is 25.1. The van der Waals surface area contributed by atoms with E-state index in [1.165, 1.54) is 12.1 Å². The minimum atomic E-state index is -3.34. The molecular weight excluding hydrogens is 504 g/mol. The molecule has 1 N–H and O–H groups in total. The number of benzene rings is 1. The lowest BCUT2D eigenvalue weighted by molar-refractivity contribution is -0.142. The third kappa shape index (κ3) is 5.95. The smallest absolute Gasteiger partial charge is 0.311 e. The SMILES string of the molecule is CCOC(=O)Cc1nc(NC(=O)C(O[C@H]2CCOC2)c2ccc(S(=O)(=O)C3CC3)cc2)sc1Cl. The Morgan fingerprint density at radius 3 is 2.62 bits per heavy atom. The minimum Gasteiger partial charge on any atom is -0.466 e. The van der Waals surface area contributed by atoms with Crippen molar-refractivity contribution in [3.8, 4) is 0 Å². The summed E-state index contributed by atoms with van der Waals surface area (Å²) in [7, 11) is -3.34. The van der Waals surface area contributed by atoms with Gasteiger partial charge in [-0.3, -0.25) is 14.9 Å². The number of hydrogen-bond donors (Lipinski definition) is 1. The summed E-state index contributed by atoms with van der Waals surface area (Å²) in [5.41, 5.74) is 0.824. The van der Waals surface area contributed by atoms with Crippen LogP contribution in [0.5, 0.6) is 0 Å². The molecule has 1 aliphatic heterocycles. The molecule has 184 valence electrons. The first-order valence-corrected chi connectivity index (χ1v) is 13.7. The Bertz CT molecular complexity index is 1140. The molecule has 1 aromatic carbocycles. The maximum Gasteiger partial charge on any atom is 0.311 e. The largest absolute Gasteiger partial charge is 0.466 e. The van der Waals surface area contributed by atoms with Crippen LogP contribution in [0.2, 0.25) is 4.34 Å². The molecule has 34 heavy (non-hydrogen) atoms. The van der Waals surface area contributed by atoms with E-state index in [0.717, 1.165) is 11.3 Å². The first-order chi connectivity index (χ1) is 16.3. The van der Waals surface area contributed by atoms with E-state index in [9.17, 15) is 18.0 Å². The van der Waals surface area contributed by atoms with Crippen LogP contribution >= 0.6 is 22.9 Å². The summed E-state index contributed by atoms with van der Waals surface area (Å²) in [6.45, 7) is 2.85. The van der Waals surface area contributed by atoms with Gasteiger partial charge in [-0.2, -0.15) is 0 Å². The third-order valence-electron chi connectivity index (χ3n) is 5.43. The highest BCUT2D eigenvalue weighted by Crippen LogP contribution is 2.35. The summed E-state index contributed by atoms with van der Waals surface area (Å²) in [5.74, 6) is -0.950. The summed E-state index contributed by atoms with van der Waals surface area (Å²) in [5, 5.41) is 2.61. The summed E-state index contributed by atoms with van der Waals surface area (Å²) in [6.07, 6.45) is 0.605. The van der Waals surface area contributed by atoms with E-state index in [-0.39, 0.29) is 38.7 Å². The number of carbonyl (C=O) groups is 2. The Hall–Kier alpha value is -2.05.